The van der Waals surface area contributed by atoms with Crippen LogP contribution < -0.4 is 20.7 Å². The van der Waals surface area contributed by atoms with Crippen LogP contribution in [0.3, 0.4) is 0 Å². The molecule has 0 aliphatic heterocycles. The van der Waals surface area contributed by atoms with E-state index < -0.39 is 11.7 Å². The molecule has 30 heavy (non-hydrogen) atoms. The fourth-order valence-corrected chi connectivity index (χ4v) is 3.48. The Morgan fingerprint density at radius 2 is 1.43 bits per heavy atom. The van der Waals surface area contributed by atoms with Gasteiger partial charge in [0, 0.05) is 17.1 Å². The maximum absolute atomic E-state index is 13.7. The molecule has 0 atom stereocenters. The molecule has 154 valence electrons. The van der Waals surface area contributed by atoms with E-state index in [1.807, 2.05) is 0 Å². The van der Waals surface area contributed by atoms with E-state index >= 15 is 0 Å². The summed E-state index contributed by atoms with van der Waals surface area (Å²) in [5.74, 6) is -0.724. The summed E-state index contributed by atoms with van der Waals surface area (Å²) in [5, 5.41) is 9.66. The highest BCUT2D eigenvalue weighted by Gasteiger charge is 2.12. The Labute approximate surface area is 188 Å². The SMILES string of the molecule is COc1c(Cl)cc(NC(=S)Nc2ccc(NC(=O)c3ccccc3F)cc2)cc1Cl. The van der Waals surface area contributed by atoms with Gasteiger partial charge in [-0.15, -0.1) is 0 Å². The second-order valence-electron chi connectivity index (χ2n) is 6.06. The maximum Gasteiger partial charge on any atom is 0.258 e. The van der Waals surface area contributed by atoms with Crippen LogP contribution in [0.15, 0.2) is 60.7 Å². The molecule has 3 rings (SSSR count). The van der Waals surface area contributed by atoms with E-state index in [1.165, 1.54) is 25.3 Å². The third kappa shape index (κ3) is 5.38. The molecular formula is C21H16Cl2FN3O2S. The second kappa shape index (κ2) is 9.75. The fraction of sp³-hybridized carbons (Fsp3) is 0.0476. The van der Waals surface area contributed by atoms with Gasteiger partial charge >= 0.3 is 0 Å². The van der Waals surface area contributed by atoms with E-state index in [9.17, 15) is 9.18 Å². The first-order chi connectivity index (χ1) is 14.4. The molecule has 3 aromatic rings. The molecule has 5 nitrogen and oxygen atoms in total. The number of ether oxygens (including phenoxy) is 1. The lowest BCUT2D eigenvalue weighted by Crippen LogP contribution is -2.19. The van der Waals surface area contributed by atoms with Crippen LogP contribution in [0.4, 0.5) is 21.5 Å². The lowest BCUT2D eigenvalue weighted by atomic mass is 10.2. The number of anilines is 3. The number of halogens is 3. The van der Waals surface area contributed by atoms with Crippen LogP contribution in [0, 0.1) is 5.82 Å². The Bertz CT molecular complexity index is 1070. The summed E-state index contributed by atoms with van der Waals surface area (Å²) in [7, 11) is 1.48. The van der Waals surface area contributed by atoms with Gasteiger partial charge in [-0.25, -0.2) is 4.39 Å². The number of methoxy groups -OCH3 is 1. The van der Waals surface area contributed by atoms with Crippen molar-refractivity contribution < 1.29 is 13.9 Å². The van der Waals surface area contributed by atoms with Crippen LogP contribution >= 0.6 is 35.4 Å². The van der Waals surface area contributed by atoms with Gasteiger partial charge in [-0.3, -0.25) is 4.79 Å². The molecule has 0 aromatic heterocycles. The molecule has 9 heteroatoms. The number of carbonyl (C=O) groups is 1. The zero-order valence-corrected chi connectivity index (χ0v) is 18.0. The van der Waals surface area contributed by atoms with Gasteiger partial charge in [0.15, 0.2) is 10.9 Å². The summed E-state index contributed by atoms with van der Waals surface area (Å²) in [5.41, 5.74) is 1.77. The Hall–Kier alpha value is -2.87. The van der Waals surface area contributed by atoms with E-state index in [2.05, 4.69) is 16.0 Å². The van der Waals surface area contributed by atoms with E-state index in [1.54, 1.807) is 42.5 Å². The molecule has 0 aliphatic rings. The summed E-state index contributed by atoms with van der Waals surface area (Å²) in [6.45, 7) is 0. The van der Waals surface area contributed by atoms with Crippen molar-refractivity contribution in [3.63, 3.8) is 0 Å². The summed E-state index contributed by atoms with van der Waals surface area (Å²) < 4.78 is 18.8. The number of nitrogens with one attached hydrogen (secondary N) is 3. The molecule has 0 heterocycles. The van der Waals surface area contributed by atoms with Gasteiger partial charge in [0.1, 0.15) is 5.82 Å². The summed E-state index contributed by atoms with van der Waals surface area (Å²) >= 11 is 17.5. The number of rotatable bonds is 5. The van der Waals surface area contributed by atoms with Gasteiger partial charge in [-0.05, 0) is 60.7 Å². The normalized spacial score (nSPS) is 10.3. The molecule has 0 fully saturated rings. The molecule has 0 saturated heterocycles. The summed E-state index contributed by atoms with van der Waals surface area (Å²) in [4.78, 5) is 12.2. The quantitative estimate of drug-likeness (QED) is 0.393. The molecule has 0 unspecified atom stereocenters. The monoisotopic (exact) mass is 463 g/mol. The van der Waals surface area contributed by atoms with Crippen LogP contribution in [-0.2, 0) is 0 Å². The highest BCUT2D eigenvalue weighted by molar-refractivity contribution is 7.80. The van der Waals surface area contributed by atoms with Crippen molar-refractivity contribution in [3.05, 3.63) is 82.1 Å². The van der Waals surface area contributed by atoms with Crippen LogP contribution in [0.1, 0.15) is 10.4 Å². The van der Waals surface area contributed by atoms with Gasteiger partial charge in [0.2, 0.25) is 0 Å². The maximum atomic E-state index is 13.7. The number of carbonyl (C=O) groups excluding carboxylic acids is 1. The highest BCUT2D eigenvalue weighted by Crippen LogP contribution is 2.35. The van der Waals surface area contributed by atoms with Gasteiger partial charge in [0.25, 0.3) is 5.91 Å². The fourth-order valence-electron chi connectivity index (χ4n) is 2.60. The van der Waals surface area contributed by atoms with Crippen LogP contribution in [0.25, 0.3) is 0 Å². The predicted octanol–water partition coefficient (Wildman–Crippen LogP) is 6.20. The molecule has 0 spiro atoms. The van der Waals surface area contributed by atoms with E-state index in [0.29, 0.717) is 38.0 Å². The number of hydrogen-bond donors (Lipinski definition) is 3. The van der Waals surface area contributed by atoms with Gasteiger partial charge in [-0.2, -0.15) is 0 Å². The molecule has 1 amide bonds. The smallest absolute Gasteiger partial charge is 0.258 e. The molecule has 3 aromatic carbocycles. The number of amides is 1. The summed E-state index contributed by atoms with van der Waals surface area (Å²) in [6, 6.07) is 15.8. The number of benzene rings is 3. The predicted molar refractivity (Wildman–Crippen MR) is 124 cm³/mol. The van der Waals surface area contributed by atoms with Crippen LogP contribution in [0.5, 0.6) is 5.75 Å². The Morgan fingerprint density at radius 3 is 2.00 bits per heavy atom. The number of hydrogen-bond acceptors (Lipinski definition) is 3. The molecule has 3 N–H and O–H groups in total. The Kier molecular flexibility index (Phi) is 7.10. The minimum atomic E-state index is -0.580. The van der Waals surface area contributed by atoms with E-state index in [0.717, 1.165) is 0 Å². The third-order valence-electron chi connectivity index (χ3n) is 3.98. The van der Waals surface area contributed by atoms with Crippen molar-refractivity contribution in [1.82, 2.24) is 0 Å². The molecule has 0 saturated carbocycles. The largest absolute Gasteiger partial charge is 0.494 e. The average molecular weight is 464 g/mol. The van der Waals surface area contributed by atoms with Gasteiger partial charge in [0.05, 0.1) is 22.7 Å². The molecule has 0 bridgehead atoms. The Balaban J connectivity index is 1.61. The van der Waals surface area contributed by atoms with Crippen LogP contribution in [0.2, 0.25) is 10.0 Å². The van der Waals surface area contributed by atoms with Gasteiger partial charge in [-0.1, -0.05) is 35.3 Å². The molecule has 0 aliphatic carbocycles. The number of thiocarbonyl (C=S) groups is 1. The average Bonchev–Trinajstić information content (AvgIpc) is 2.69. The first kappa shape index (κ1) is 21.8. The van der Waals surface area contributed by atoms with Crippen molar-refractivity contribution in [2.24, 2.45) is 0 Å². The van der Waals surface area contributed by atoms with Crippen molar-refractivity contribution >= 4 is 63.5 Å². The topological polar surface area (TPSA) is 62.4 Å². The minimum Gasteiger partial charge on any atom is -0.494 e. The zero-order chi connectivity index (χ0) is 21.7. The van der Waals surface area contributed by atoms with Crippen LogP contribution in [-0.4, -0.2) is 18.1 Å². The third-order valence-corrected chi connectivity index (χ3v) is 4.75. The molecule has 0 radical (unpaired) electrons. The second-order valence-corrected chi connectivity index (χ2v) is 7.29. The van der Waals surface area contributed by atoms with Crippen molar-refractivity contribution in [2.45, 2.75) is 0 Å². The minimum absolute atomic E-state index is 0.0260. The lowest BCUT2D eigenvalue weighted by molar-refractivity contribution is 0.102. The Morgan fingerprint density at radius 1 is 0.900 bits per heavy atom. The summed E-state index contributed by atoms with van der Waals surface area (Å²) in [6.07, 6.45) is 0. The first-order valence-electron chi connectivity index (χ1n) is 8.64. The van der Waals surface area contributed by atoms with E-state index in [-0.39, 0.29) is 5.56 Å². The van der Waals surface area contributed by atoms with Crippen molar-refractivity contribution in [1.29, 1.82) is 0 Å². The van der Waals surface area contributed by atoms with Crippen molar-refractivity contribution in [3.8, 4) is 5.75 Å². The van der Waals surface area contributed by atoms with Crippen molar-refractivity contribution in [2.75, 3.05) is 23.1 Å². The van der Waals surface area contributed by atoms with E-state index in [4.69, 9.17) is 40.2 Å². The standard InChI is InChI=1S/C21H16Cl2FN3O2S/c1-29-19-16(22)10-14(11-17(19)23)27-21(30)26-13-8-6-12(7-9-13)25-20(28)15-4-2-3-5-18(15)24/h2-11H,1H3,(H,25,28)(H2,26,27,30). The zero-order valence-electron chi connectivity index (χ0n) is 15.6. The highest BCUT2D eigenvalue weighted by atomic mass is 35.5. The first-order valence-corrected chi connectivity index (χ1v) is 9.81. The lowest BCUT2D eigenvalue weighted by Gasteiger charge is -2.13. The van der Waals surface area contributed by atoms with Gasteiger partial charge < -0.3 is 20.7 Å². The molecular weight excluding hydrogens is 448 g/mol.